The summed E-state index contributed by atoms with van der Waals surface area (Å²) in [4.78, 5) is 0. The quantitative estimate of drug-likeness (QED) is 0.840. The van der Waals surface area contributed by atoms with Crippen LogP contribution in [0.5, 0.6) is 5.75 Å². The lowest BCUT2D eigenvalue weighted by Gasteiger charge is -2.16. The average molecular weight is 390 g/mol. The lowest BCUT2D eigenvalue weighted by Crippen LogP contribution is -2.03. The first kappa shape index (κ1) is 14.5. The lowest BCUT2D eigenvalue weighted by molar-refractivity contribution is 0.218. The molecule has 0 spiro atoms. The maximum absolute atomic E-state index is 13.5. The monoisotopic (exact) mass is 388 g/mol. The van der Waals surface area contributed by atoms with Crippen LogP contribution < -0.4 is 4.74 Å². The summed E-state index contributed by atoms with van der Waals surface area (Å²) in [5.74, 6) is 0.280. The molecule has 0 aliphatic carbocycles. The molecule has 0 amide bonds. The fourth-order valence-electron chi connectivity index (χ4n) is 1.76. The Labute approximate surface area is 127 Å². The van der Waals surface area contributed by atoms with Gasteiger partial charge in [-0.2, -0.15) is 0 Å². The van der Waals surface area contributed by atoms with E-state index in [9.17, 15) is 9.50 Å². The highest BCUT2D eigenvalue weighted by Gasteiger charge is 2.18. The molecule has 2 aromatic carbocycles. The van der Waals surface area contributed by atoms with Gasteiger partial charge in [-0.1, -0.05) is 34.1 Å². The zero-order chi connectivity index (χ0) is 14.0. The molecular weight excluding hydrogens is 379 g/mol. The Morgan fingerprint density at radius 3 is 2.53 bits per heavy atom. The number of methoxy groups -OCH3 is 1. The number of hydrogen-bond acceptors (Lipinski definition) is 2. The third-order valence-electron chi connectivity index (χ3n) is 2.78. The number of aliphatic hydroxyl groups is 1. The van der Waals surface area contributed by atoms with Crippen molar-refractivity contribution < 1.29 is 14.2 Å². The van der Waals surface area contributed by atoms with Crippen LogP contribution in [-0.2, 0) is 0 Å². The molecule has 0 heterocycles. The van der Waals surface area contributed by atoms with Crippen molar-refractivity contribution in [3.63, 3.8) is 0 Å². The minimum Gasteiger partial charge on any atom is -0.497 e. The Bertz CT molecular complexity index is 602. The van der Waals surface area contributed by atoms with E-state index in [0.717, 1.165) is 0 Å². The van der Waals surface area contributed by atoms with Crippen LogP contribution in [0, 0.1) is 5.82 Å². The lowest BCUT2D eigenvalue weighted by atomic mass is 10.0. The predicted molar refractivity (Wildman–Crippen MR) is 78.9 cm³/mol. The molecule has 1 N–H and O–H groups in total. The summed E-state index contributed by atoms with van der Waals surface area (Å²) in [6, 6.07) is 9.82. The number of aliphatic hydroxyl groups excluding tert-OH is 1. The fourth-order valence-corrected chi connectivity index (χ4v) is 2.81. The van der Waals surface area contributed by atoms with Crippen molar-refractivity contribution in [2.45, 2.75) is 6.10 Å². The van der Waals surface area contributed by atoms with Crippen LogP contribution in [0.1, 0.15) is 17.2 Å². The van der Waals surface area contributed by atoms with Crippen molar-refractivity contribution in [2.24, 2.45) is 0 Å². The fraction of sp³-hybridized carbons (Fsp3) is 0.143. The Kier molecular flexibility index (Phi) is 4.60. The smallest absolute Gasteiger partial charge is 0.137 e. The van der Waals surface area contributed by atoms with Gasteiger partial charge in [0.15, 0.2) is 0 Å². The zero-order valence-electron chi connectivity index (χ0n) is 10.0. The standard InChI is InChI=1S/C14H11Br2FO2/c1-19-8-5-6-9(11(15)7-8)14(18)10-3-2-4-12(17)13(10)16/h2-7,14,18H,1H3. The van der Waals surface area contributed by atoms with Gasteiger partial charge in [0.1, 0.15) is 17.7 Å². The molecule has 2 rings (SSSR count). The average Bonchev–Trinajstić information content (AvgIpc) is 2.41. The van der Waals surface area contributed by atoms with Crippen molar-refractivity contribution in [3.8, 4) is 5.75 Å². The molecule has 19 heavy (non-hydrogen) atoms. The van der Waals surface area contributed by atoms with Crippen molar-refractivity contribution >= 4 is 31.9 Å². The topological polar surface area (TPSA) is 29.5 Å². The van der Waals surface area contributed by atoms with Gasteiger partial charge in [0.05, 0.1) is 11.6 Å². The summed E-state index contributed by atoms with van der Waals surface area (Å²) in [6.45, 7) is 0. The van der Waals surface area contributed by atoms with E-state index < -0.39 is 11.9 Å². The minimum atomic E-state index is -0.926. The third kappa shape index (κ3) is 2.99. The molecule has 2 aromatic rings. The minimum absolute atomic E-state index is 0.269. The first-order valence-corrected chi connectivity index (χ1v) is 7.08. The van der Waals surface area contributed by atoms with E-state index in [1.807, 2.05) is 0 Å². The summed E-state index contributed by atoms with van der Waals surface area (Å²) in [6.07, 6.45) is -0.926. The molecule has 0 bridgehead atoms. The van der Waals surface area contributed by atoms with Gasteiger partial charge in [-0.25, -0.2) is 4.39 Å². The molecule has 1 unspecified atom stereocenters. The Morgan fingerprint density at radius 1 is 1.16 bits per heavy atom. The van der Waals surface area contributed by atoms with Crippen molar-refractivity contribution in [2.75, 3.05) is 7.11 Å². The molecule has 0 aromatic heterocycles. The number of halogens is 3. The summed E-state index contributed by atoms with van der Waals surface area (Å²) < 4.78 is 19.6. The first-order valence-electron chi connectivity index (χ1n) is 5.50. The van der Waals surface area contributed by atoms with E-state index in [1.54, 1.807) is 37.4 Å². The number of ether oxygens (including phenoxy) is 1. The van der Waals surface area contributed by atoms with Crippen LogP contribution in [-0.4, -0.2) is 12.2 Å². The molecule has 0 aliphatic heterocycles. The van der Waals surface area contributed by atoms with E-state index in [1.165, 1.54) is 6.07 Å². The summed E-state index contributed by atoms with van der Waals surface area (Å²) >= 11 is 6.54. The van der Waals surface area contributed by atoms with Crippen LogP contribution in [0.4, 0.5) is 4.39 Å². The largest absolute Gasteiger partial charge is 0.497 e. The molecular formula is C14H11Br2FO2. The normalized spacial score (nSPS) is 12.3. The SMILES string of the molecule is COc1ccc(C(O)c2cccc(F)c2Br)c(Br)c1. The number of rotatable bonds is 3. The van der Waals surface area contributed by atoms with Gasteiger partial charge in [0.2, 0.25) is 0 Å². The van der Waals surface area contributed by atoms with E-state index in [-0.39, 0.29) is 4.47 Å². The van der Waals surface area contributed by atoms with Crippen LogP contribution in [0.3, 0.4) is 0 Å². The highest BCUT2D eigenvalue weighted by Crippen LogP contribution is 2.35. The Hall–Kier alpha value is -0.910. The van der Waals surface area contributed by atoms with Gasteiger partial charge in [0, 0.05) is 10.0 Å². The predicted octanol–water partition coefficient (Wildman–Crippen LogP) is 4.44. The van der Waals surface area contributed by atoms with Gasteiger partial charge >= 0.3 is 0 Å². The zero-order valence-corrected chi connectivity index (χ0v) is 13.2. The summed E-state index contributed by atoms with van der Waals surface area (Å²) in [5.41, 5.74) is 1.12. The molecule has 2 nitrogen and oxygen atoms in total. The molecule has 1 atom stereocenters. The van der Waals surface area contributed by atoms with Gasteiger partial charge in [-0.15, -0.1) is 0 Å². The van der Waals surface area contributed by atoms with Crippen LogP contribution in [0.2, 0.25) is 0 Å². The molecule has 0 saturated heterocycles. The second-order valence-corrected chi connectivity index (χ2v) is 5.58. The van der Waals surface area contributed by atoms with E-state index >= 15 is 0 Å². The summed E-state index contributed by atoms with van der Waals surface area (Å²) in [5, 5.41) is 10.4. The van der Waals surface area contributed by atoms with Gasteiger partial charge in [-0.05, 0) is 39.7 Å². The Balaban J connectivity index is 2.44. The maximum atomic E-state index is 13.5. The maximum Gasteiger partial charge on any atom is 0.137 e. The van der Waals surface area contributed by atoms with E-state index in [2.05, 4.69) is 31.9 Å². The van der Waals surface area contributed by atoms with Crippen LogP contribution >= 0.6 is 31.9 Å². The highest BCUT2D eigenvalue weighted by atomic mass is 79.9. The second kappa shape index (κ2) is 6.03. The van der Waals surface area contributed by atoms with Gasteiger partial charge < -0.3 is 9.84 Å². The van der Waals surface area contributed by atoms with E-state index in [4.69, 9.17) is 4.74 Å². The molecule has 0 fully saturated rings. The van der Waals surface area contributed by atoms with Crippen molar-refractivity contribution in [1.29, 1.82) is 0 Å². The first-order chi connectivity index (χ1) is 9.04. The van der Waals surface area contributed by atoms with Crippen molar-refractivity contribution in [3.05, 3.63) is 62.3 Å². The molecule has 0 radical (unpaired) electrons. The molecule has 100 valence electrons. The van der Waals surface area contributed by atoms with Crippen molar-refractivity contribution in [1.82, 2.24) is 0 Å². The van der Waals surface area contributed by atoms with Gasteiger partial charge in [0.25, 0.3) is 0 Å². The molecule has 0 aliphatic rings. The number of hydrogen-bond donors (Lipinski definition) is 1. The molecule has 5 heteroatoms. The van der Waals surface area contributed by atoms with E-state index in [0.29, 0.717) is 21.3 Å². The molecule has 0 saturated carbocycles. The van der Waals surface area contributed by atoms with Crippen LogP contribution in [0.15, 0.2) is 45.3 Å². The van der Waals surface area contributed by atoms with Gasteiger partial charge in [-0.3, -0.25) is 0 Å². The number of benzene rings is 2. The van der Waals surface area contributed by atoms with Crippen LogP contribution in [0.25, 0.3) is 0 Å². The summed E-state index contributed by atoms with van der Waals surface area (Å²) in [7, 11) is 1.57. The Morgan fingerprint density at radius 2 is 1.89 bits per heavy atom. The second-order valence-electron chi connectivity index (χ2n) is 3.93. The third-order valence-corrected chi connectivity index (χ3v) is 4.30. The highest BCUT2D eigenvalue weighted by molar-refractivity contribution is 9.10.